The summed E-state index contributed by atoms with van der Waals surface area (Å²) in [6, 6.07) is 0. The number of carbonyl (C=O) groups excluding carboxylic acids is 3. The Morgan fingerprint density at radius 2 is 0.451 bits per heavy atom. The molecule has 6 nitrogen and oxygen atoms in total. The first-order valence-electron chi connectivity index (χ1n) is 37.3. The number of esters is 3. The average molecular weight is 1150 g/mol. The lowest BCUT2D eigenvalue weighted by Gasteiger charge is -2.18. The Bertz CT molecular complexity index is 1320. The van der Waals surface area contributed by atoms with Gasteiger partial charge in [-0.1, -0.05) is 385 Å². The van der Waals surface area contributed by atoms with Gasteiger partial charge in [-0.25, -0.2) is 0 Å². The molecule has 0 aliphatic carbocycles. The van der Waals surface area contributed by atoms with E-state index in [2.05, 4.69) is 45.1 Å². The Labute approximate surface area is 513 Å². The van der Waals surface area contributed by atoms with Crippen LogP contribution in [0.5, 0.6) is 0 Å². The molecule has 0 heterocycles. The summed E-state index contributed by atoms with van der Waals surface area (Å²) in [6.07, 6.45) is 88.1. The fourth-order valence-corrected chi connectivity index (χ4v) is 11.6. The van der Waals surface area contributed by atoms with Crippen LogP contribution in [0.4, 0.5) is 0 Å². The van der Waals surface area contributed by atoms with E-state index in [-0.39, 0.29) is 31.1 Å². The second-order valence-electron chi connectivity index (χ2n) is 25.6. The molecule has 0 saturated heterocycles. The predicted octanol–water partition coefficient (Wildman–Crippen LogP) is 25.7. The van der Waals surface area contributed by atoms with Gasteiger partial charge >= 0.3 is 17.9 Å². The topological polar surface area (TPSA) is 78.9 Å². The highest BCUT2D eigenvalue weighted by Gasteiger charge is 2.20. The number of hydrogen-bond acceptors (Lipinski definition) is 6. The number of allylic oxidation sites excluding steroid dienone is 4. The minimum Gasteiger partial charge on any atom is -0.462 e. The highest BCUT2D eigenvalue weighted by atomic mass is 16.6. The molecule has 0 bridgehead atoms. The maximum atomic E-state index is 12.9. The van der Waals surface area contributed by atoms with Crippen LogP contribution >= 0.6 is 0 Å². The van der Waals surface area contributed by atoms with Crippen LogP contribution in [-0.2, 0) is 28.6 Å². The van der Waals surface area contributed by atoms with Gasteiger partial charge in [-0.15, -0.1) is 0 Å². The van der Waals surface area contributed by atoms with Crippen molar-refractivity contribution in [3.63, 3.8) is 0 Å². The third kappa shape index (κ3) is 68.7. The molecule has 484 valence electrons. The van der Waals surface area contributed by atoms with E-state index in [1.165, 1.54) is 308 Å². The van der Waals surface area contributed by atoms with Gasteiger partial charge in [0.2, 0.25) is 0 Å². The van der Waals surface area contributed by atoms with E-state index in [0.29, 0.717) is 19.3 Å². The minimum absolute atomic E-state index is 0.0692. The van der Waals surface area contributed by atoms with Crippen LogP contribution in [0.3, 0.4) is 0 Å². The van der Waals surface area contributed by atoms with Gasteiger partial charge in [0.1, 0.15) is 13.2 Å². The summed E-state index contributed by atoms with van der Waals surface area (Å²) in [5, 5.41) is 0. The fraction of sp³-hybridized carbons (Fsp3) is 0.908. The van der Waals surface area contributed by atoms with Gasteiger partial charge in [0.15, 0.2) is 6.10 Å². The zero-order valence-electron chi connectivity index (χ0n) is 55.8. The molecule has 0 fully saturated rings. The van der Waals surface area contributed by atoms with Crippen LogP contribution in [0.2, 0.25) is 0 Å². The number of hydrogen-bond donors (Lipinski definition) is 0. The maximum absolute atomic E-state index is 12.9. The number of unbranched alkanes of at least 4 members (excludes halogenated alkanes) is 55. The van der Waals surface area contributed by atoms with Crippen molar-refractivity contribution >= 4 is 17.9 Å². The molecule has 0 aromatic heterocycles. The van der Waals surface area contributed by atoms with Crippen LogP contribution < -0.4 is 0 Å². The van der Waals surface area contributed by atoms with Crippen molar-refractivity contribution in [3.8, 4) is 0 Å². The van der Waals surface area contributed by atoms with E-state index in [1.807, 2.05) is 0 Å². The summed E-state index contributed by atoms with van der Waals surface area (Å²) in [5.41, 5.74) is 0. The summed E-state index contributed by atoms with van der Waals surface area (Å²) < 4.78 is 17.0. The summed E-state index contributed by atoms with van der Waals surface area (Å²) in [7, 11) is 0. The molecule has 0 rings (SSSR count). The average Bonchev–Trinajstić information content (AvgIpc) is 3.48. The molecule has 82 heavy (non-hydrogen) atoms. The molecule has 6 heteroatoms. The van der Waals surface area contributed by atoms with Gasteiger partial charge in [-0.05, 0) is 44.9 Å². The third-order valence-electron chi connectivity index (χ3n) is 17.2. The molecule has 0 aliphatic heterocycles. The summed E-state index contributed by atoms with van der Waals surface area (Å²) >= 11 is 0. The van der Waals surface area contributed by atoms with E-state index in [4.69, 9.17) is 14.2 Å². The van der Waals surface area contributed by atoms with Crippen molar-refractivity contribution in [3.05, 3.63) is 24.3 Å². The van der Waals surface area contributed by atoms with E-state index in [1.54, 1.807) is 0 Å². The number of rotatable bonds is 70. The molecule has 0 amide bonds. The third-order valence-corrected chi connectivity index (χ3v) is 17.2. The SMILES string of the molecule is CCCC/C=C\C/C=C\CCCCCCCC(=O)OCC(COC(=O)CCCCCCCCCCCCCCCCCCCCCCCCCCCCCCCCCC)OC(=O)CCCCCCCCCCCCCCCCCCCC. The van der Waals surface area contributed by atoms with Crippen molar-refractivity contribution in [2.24, 2.45) is 0 Å². The largest absolute Gasteiger partial charge is 0.462 e. The molecule has 1 unspecified atom stereocenters. The highest BCUT2D eigenvalue weighted by molar-refractivity contribution is 5.71. The molecule has 0 aliphatic rings. The standard InChI is InChI=1S/C76H144O6/c1-4-7-10-13-16-19-22-25-28-30-32-33-34-35-36-37-38-39-40-41-42-43-44-45-47-48-51-54-57-60-63-66-69-75(78)81-72-73(71-80-74(77)68-65-62-59-56-53-50-27-24-21-18-15-12-9-6-3)82-76(79)70-67-64-61-58-55-52-49-46-31-29-26-23-20-17-14-11-8-5-2/h15,18,24,27,73H,4-14,16-17,19-23,25-26,28-72H2,1-3H3/b18-15-,27-24-. The molecular formula is C76H144O6. The second kappa shape index (κ2) is 71.4. The Morgan fingerprint density at radius 1 is 0.244 bits per heavy atom. The van der Waals surface area contributed by atoms with Gasteiger partial charge in [0, 0.05) is 19.3 Å². The second-order valence-corrected chi connectivity index (χ2v) is 25.6. The lowest BCUT2D eigenvalue weighted by atomic mass is 10.0. The zero-order valence-corrected chi connectivity index (χ0v) is 55.8. The van der Waals surface area contributed by atoms with Gasteiger partial charge in [-0.2, -0.15) is 0 Å². The van der Waals surface area contributed by atoms with Crippen LogP contribution in [0.15, 0.2) is 24.3 Å². The van der Waals surface area contributed by atoms with E-state index in [0.717, 1.165) is 77.0 Å². The van der Waals surface area contributed by atoms with E-state index >= 15 is 0 Å². The van der Waals surface area contributed by atoms with Gasteiger partial charge in [0.05, 0.1) is 0 Å². The van der Waals surface area contributed by atoms with Crippen LogP contribution in [-0.4, -0.2) is 37.2 Å². The lowest BCUT2D eigenvalue weighted by molar-refractivity contribution is -0.167. The maximum Gasteiger partial charge on any atom is 0.306 e. The van der Waals surface area contributed by atoms with E-state index < -0.39 is 6.10 Å². The first-order valence-corrected chi connectivity index (χ1v) is 37.3. The van der Waals surface area contributed by atoms with Gasteiger partial charge in [0.25, 0.3) is 0 Å². The van der Waals surface area contributed by atoms with Gasteiger partial charge < -0.3 is 14.2 Å². The fourth-order valence-electron chi connectivity index (χ4n) is 11.6. The Balaban J connectivity index is 4.12. The molecule has 0 aromatic rings. The minimum atomic E-state index is -0.774. The molecule has 1 atom stereocenters. The molecule has 0 radical (unpaired) electrons. The summed E-state index contributed by atoms with van der Waals surface area (Å²) in [6.45, 7) is 6.68. The van der Waals surface area contributed by atoms with Crippen molar-refractivity contribution in [1.82, 2.24) is 0 Å². The number of ether oxygens (including phenoxy) is 3. The summed E-state index contributed by atoms with van der Waals surface area (Å²) in [4.78, 5) is 38.4. The van der Waals surface area contributed by atoms with Crippen molar-refractivity contribution in [1.29, 1.82) is 0 Å². The molecule has 0 aromatic carbocycles. The lowest BCUT2D eigenvalue weighted by Crippen LogP contribution is -2.30. The Morgan fingerprint density at radius 3 is 0.707 bits per heavy atom. The van der Waals surface area contributed by atoms with Crippen LogP contribution in [0, 0.1) is 0 Å². The first-order chi connectivity index (χ1) is 40.5. The van der Waals surface area contributed by atoms with Crippen molar-refractivity contribution in [2.45, 2.75) is 431 Å². The summed E-state index contributed by atoms with van der Waals surface area (Å²) in [5.74, 6) is -0.850. The zero-order chi connectivity index (χ0) is 59.2. The van der Waals surface area contributed by atoms with Gasteiger partial charge in [-0.3, -0.25) is 14.4 Å². The molecule has 0 spiro atoms. The van der Waals surface area contributed by atoms with E-state index in [9.17, 15) is 14.4 Å². The molecule has 0 N–H and O–H groups in total. The Kier molecular flexibility index (Phi) is 69.5. The van der Waals surface area contributed by atoms with Crippen LogP contribution in [0.1, 0.15) is 425 Å². The smallest absolute Gasteiger partial charge is 0.306 e. The van der Waals surface area contributed by atoms with Crippen molar-refractivity contribution in [2.75, 3.05) is 13.2 Å². The van der Waals surface area contributed by atoms with Crippen LogP contribution in [0.25, 0.3) is 0 Å². The van der Waals surface area contributed by atoms with Crippen molar-refractivity contribution < 1.29 is 28.6 Å². The highest BCUT2D eigenvalue weighted by Crippen LogP contribution is 2.20. The molecule has 0 saturated carbocycles. The predicted molar refractivity (Wildman–Crippen MR) is 358 cm³/mol. The molecular weight excluding hydrogens is 1010 g/mol. The Hall–Kier alpha value is -2.11. The first kappa shape index (κ1) is 79.9. The quantitative estimate of drug-likeness (QED) is 0.0261. The monoisotopic (exact) mass is 1150 g/mol. The normalized spacial score (nSPS) is 12.1. The number of carbonyl (C=O) groups is 3.